The van der Waals surface area contributed by atoms with Crippen LogP contribution in [-0.2, 0) is 78.6 Å². The van der Waals surface area contributed by atoms with E-state index in [-0.39, 0.29) is 78.6 Å². The predicted molar refractivity (Wildman–Crippen MR) is 17.4 cm³/mol. The molecule has 0 spiro atoms. The summed E-state index contributed by atoms with van der Waals surface area (Å²) in [5.74, 6) is 0. The topological polar surface area (TPSA) is 20.2 Å². The summed E-state index contributed by atoms with van der Waals surface area (Å²) in [6.07, 6.45) is 0.875. The van der Waals surface area contributed by atoms with Crippen LogP contribution in [-0.4, -0.2) is 11.7 Å². The van der Waals surface area contributed by atoms with Crippen molar-refractivity contribution in [1.29, 1.82) is 0 Å². The minimum Gasteiger partial charge on any atom is -0.396 e. The minimum absolute atomic E-state index is 0. The van der Waals surface area contributed by atoms with Crippen LogP contribution < -0.4 is 0 Å². The van der Waals surface area contributed by atoms with Crippen molar-refractivity contribution in [1.82, 2.24) is 0 Å². The summed E-state index contributed by atoms with van der Waals surface area (Å²) in [6.45, 7) is 2.25. The van der Waals surface area contributed by atoms with Gasteiger partial charge in [-0.05, 0) is 6.42 Å². The molecule has 0 aromatic carbocycles. The van der Waals surface area contributed by atoms with E-state index in [1.54, 1.807) is 0 Å². The van der Waals surface area contributed by atoms with Gasteiger partial charge in [0, 0.05) is 85.2 Å². The van der Waals surface area contributed by atoms with Crippen LogP contribution in [0, 0.1) is 0 Å². The summed E-state index contributed by atoms with van der Waals surface area (Å²) < 4.78 is 0. The molecule has 1 N–H and O–H groups in total. The maximum absolute atomic E-state index is 7.88. The van der Waals surface area contributed by atoms with Gasteiger partial charge in [-0.2, -0.15) is 0 Å². The van der Waals surface area contributed by atoms with E-state index in [0.29, 0.717) is 6.61 Å². The molecule has 0 amide bonds. The largest absolute Gasteiger partial charge is 0.396 e. The third-order valence-corrected chi connectivity index (χ3v) is 0.224. The van der Waals surface area contributed by atoms with Crippen molar-refractivity contribution in [3.05, 3.63) is 0 Å². The summed E-state index contributed by atoms with van der Waals surface area (Å²) >= 11 is 0. The average molecular weight is 334 g/mol. The van der Waals surface area contributed by atoms with Crippen LogP contribution in [0.5, 0.6) is 0 Å². The summed E-state index contributed by atoms with van der Waals surface area (Å²) in [4.78, 5) is 0. The maximum Gasteiger partial charge on any atom is 0.0428 e. The van der Waals surface area contributed by atoms with Crippen LogP contribution in [0.25, 0.3) is 0 Å². The van der Waals surface area contributed by atoms with Crippen LogP contribution in [0.2, 0.25) is 0 Å². The molecule has 0 radical (unpaired) electrons. The molecule has 0 bridgehead atoms. The van der Waals surface area contributed by atoms with Crippen molar-refractivity contribution in [2.45, 2.75) is 13.3 Å². The smallest absolute Gasteiger partial charge is 0.0428 e. The maximum atomic E-state index is 7.88. The van der Waals surface area contributed by atoms with Gasteiger partial charge in [-0.15, -0.1) is 0 Å². The number of hydrogen-bond acceptors (Lipinski definition) is 1. The van der Waals surface area contributed by atoms with Gasteiger partial charge in [0.25, 0.3) is 0 Å². The van der Waals surface area contributed by atoms with Crippen molar-refractivity contribution in [2.75, 3.05) is 6.61 Å². The molecule has 38 valence electrons. The van der Waals surface area contributed by atoms with E-state index in [0.717, 1.165) is 6.42 Å². The summed E-state index contributed by atoms with van der Waals surface area (Å²) in [5, 5.41) is 7.88. The molecule has 0 rings (SSSR count). The summed E-state index contributed by atoms with van der Waals surface area (Å²) in [6, 6.07) is 0. The molecular weight excluding hydrogens is 326 g/mol. The van der Waals surface area contributed by atoms with E-state index < -0.39 is 0 Å². The molecule has 0 fully saturated rings. The molecule has 0 unspecified atom stereocenters. The van der Waals surface area contributed by atoms with E-state index in [2.05, 4.69) is 0 Å². The van der Waals surface area contributed by atoms with Crippen molar-refractivity contribution in [2.24, 2.45) is 0 Å². The Hall–Kier alpha value is 2.61. The van der Waals surface area contributed by atoms with Crippen molar-refractivity contribution in [3.63, 3.8) is 0 Å². The van der Waals surface area contributed by atoms with Crippen LogP contribution in [0.1, 0.15) is 13.3 Å². The van der Waals surface area contributed by atoms with Gasteiger partial charge < -0.3 is 5.11 Å². The molecule has 7 heavy (non-hydrogen) atoms. The molecule has 0 aromatic heterocycles. The van der Waals surface area contributed by atoms with E-state index in [9.17, 15) is 0 Å². The third-order valence-electron chi connectivity index (χ3n) is 0.224. The molecule has 0 aliphatic rings. The molecule has 0 heterocycles. The van der Waals surface area contributed by atoms with Crippen LogP contribution >= 0.6 is 0 Å². The van der Waals surface area contributed by atoms with Gasteiger partial charge in [-0.1, -0.05) is 6.92 Å². The van der Waals surface area contributed by atoms with E-state index in [1.807, 2.05) is 6.92 Å². The molecule has 1 nitrogen and oxygen atoms in total. The first kappa shape index (κ1) is 22.6. The van der Waals surface area contributed by atoms with Gasteiger partial charge in [-0.3, -0.25) is 0 Å². The number of rotatable bonds is 1. The molecule has 4 heteroatoms. The fraction of sp³-hybridized carbons (Fsp3) is 1.00. The van der Waals surface area contributed by atoms with Gasteiger partial charge >= 0.3 is 0 Å². The Morgan fingerprint density at radius 3 is 1.29 bits per heavy atom. The molecule has 0 aliphatic carbocycles. The molecule has 0 aliphatic heterocycles. The van der Waals surface area contributed by atoms with Gasteiger partial charge in [0.05, 0.1) is 0 Å². The monoisotopic (exact) mass is 330 g/mol. The van der Waals surface area contributed by atoms with E-state index in [1.165, 1.54) is 0 Å². The fourth-order valence-corrected chi connectivity index (χ4v) is 0. The normalized spacial score (nSPS) is 4.29. The second kappa shape index (κ2) is 23.5. The van der Waals surface area contributed by atoms with Crippen LogP contribution in [0.3, 0.4) is 0 Å². The standard InChI is InChI=1S/C3H8O.3Zr/c1-2-3-4;;;/h4H,2-3H2,1H3;;;. The average Bonchev–Trinajstić information content (AvgIpc) is 1.37. The number of hydrogen-bond donors (Lipinski definition) is 1. The van der Waals surface area contributed by atoms with Crippen molar-refractivity contribution >= 4 is 0 Å². The predicted octanol–water partition coefficient (Wildman–Crippen LogP) is 0.381. The summed E-state index contributed by atoms with van der Waals surface area (Å²) in [7, 11) is 0. The second-order valence-electron chi connectivity index (χ2n) is 0.724. The van der Waals surface area contributed by atoms with Crippen molar-refractivity contribution < 1.29 is 83.7 Å². The Bertz CT molecular complexity index is 12.1. The molecule has 0 aromatic rings. The van der Waals surface area contributed by atoms with Gasteiger partial charge in [0.2, 0.25) is 0 Å². The first-order valence-corrected chi connectivity index (χ1v) is 1.52. The molecule has 0 atom stereocenters. The molecule has 0 saturated carbocycles. The zero-order valence-corrected chi connectivity index (χ0v) is 11.7. The Kier molecular flexibility index (Phi) is 75.9. The Balaban J connectivity index is -0.0000000150. The SMILES string of the molecule is CCCO.[Zr].[Zr].[Zr]. The zero-order valence-electron chi connectivity index (χ0n) is 4.36. The number of aliphatic hydroxyl groups is 1. The Morgan fingerprint density at radius 1 is 1.14 bits per heavy atom. The second-order valence-corrected chi connectivity index (χ2v) is 0.724. The molecular formula is C3H8OZr3. The van der Waals surface area contributed by atoms with E-state index in [4.69, 9.17) is 5.11 Å². The first-order valence-electron chi connectivity index (χ1n) is 1.52. The zero-order chi connectivity index (χ0) is 3.41. The third kappa shape index (κ3) is 28.9. The Labute approximate surface area is 102 Å². The number of aliphatic hydroxyl groups excluding tert-OH is 1. The van der Waals surface area contributed by atoms with Gasteiger partial charge in [0.15, 0.2) is 0 Å². The molecule has 0 saturated heterocycles. The van der Waals surface area contributed by atoms with Gasteiger partial charge in [0.1, 0.15) is 0 Å². The van der Waals surface area contributed by atoms with Crippen LogP contribution in [0.15, 0.2) is 0 Å². The minimum atomic E-state index is 0. The van der Waals surface area contributed by atoms with Gasteiger partial charge in [-0.25, -0.2) is 0 Å². The fourth-order valence-electron chi connectivity index (χ4n) is 0. The van der Waals surface area contributed by atoms with Crippen molar-refractivity contribution in [3.8, 4) is 0 Å². The Morgan fingerprint density at radius 2 is 1.29 bits per heavy atom. The van der Waals surface area contributed by atoms with Crippen LogP contribution in [0.4, 0.5) is 0 Å². The first-order chi connectivity index (χ1) is 1.91. The quantitative estimate of drug-likeness (QED) is 0.736. The summed E-state index contributed by atoms with van der Waals surface area (Å²) in [5.41, 5.74) is 0. The van der Waals surface area contributed by atoms with E-state index >= 15 is 0 Å².